The van der Waals surface area contributed by atoms with Gasteiger partial charge in [0.2, 0.25) is 4.96 Å². The molecule has 0 aliphatic rings. The monoisotopic (exact) mass is 419 g/mol. The van der Waals surface area contributed by atoms with Gasteiger partial charge in [0.05, 0.1) is 16.7 Å². The van der Waals surface area contributed by atoms with E-state index >= 15 is 0 Å². The molecule has 0 fully saturated rings. The molecule has 0 aliphatic carbocycles. The van der Waals surface area contributed by atoms with Crippen LogP contribution in [0.1, 0.15) is 11.5 Å². The molecular formula is C20H13N5O4S. The van der Waals surface area contributed by atoms with Crippen molar-refractivity contribution in [3.8, 4) is 17.1 Å². The Hall–Kier alpha value is -4.05. The standard InChI is InChI=1S/C20H13N5O4S/c1-12-16(8-10-29-12)18-21-20-24(22-18)19(26)17(30-20)11-15-3-2-9-23(15)13-4-6-14(7-5-13)25(27)28/h2-11H,1H3. The summed E-state index contributed by atoms with van der Waals surface area (Å²) in [5.74, 6) is 1.14. The fourth-order valence-electron chi connectivity index (χ4n) is 3.18. The zero-order valence-electron chi connectivity index (χ0n) is 15.6. The van der Waals surface area contributed by atoms with Gasteiger partial charge in [-0.1, -0.05) is 11.3 Å². The molecule has 4 aromatic heterocycles. The van der Waals surface area contributed by atoms with Gasteiger partial charge in [0, 0.05) is 29.7 Å². The van der Waals surface area contributed by atoms with Crippen molar-refractivity contribution >= 4 is 28.1 Å². The molecule has 1 aromatic carbocycles. The second kappa shape index (κ2) is 6.78. The fraction of sp³-hybridized carbons (Fsp3) is 0.0500. The zero-order valence-corrected chi connectivity index (χ0v) is 16.4. The maximum Gasteiger partial charge on any atom is 0.291 e. The highest BCUT2D eigenvalue weighted by Crippen LogP contribution is 2.22. The van der Waals surface area contributed by atoms with Crippen LogP contribution in [0, 0.1) is 17.0 Å². The van der Waals surface area contributed by atoms with E-state index < -0.39 is 4.92 Å². The lowest BCUT2D eigenvalue weighted by Gasteiger charge is -2.05. The molecule has 0 bridgehead atoms. The third kappa shape index (κ3) is 2.90. The molecule has 0 spiro atoms. The van der Waals surface area contributed by atoms with Gasteiger partial charge in [-0.25, -0.2) is 0 Å². The largest absolute Gasteiger partial charge is 0.469 e. The molecule has 9 nitrogen and oxygen atoms in total. The summed E-state index contributed by atoms with van der Waals surface area (Å²) in [6, 6.07) is 11.7. The van der Waals surface area contributed by atoms with E-state index in [4.69, 9.17) is 4.42 Å². The van der Waals surface area contributed by atoms with Crippen LogP contribution >= 0.6 is 11.3 Å². The quantitative estimate of drug-likeness (QED) is 0.327. The number of hydrogen-bond donors (Lipinski definition) is 0. The van der Waals surface area contributed by atoms with Crippen LogP contribution in [0.25, 0.3) is 28.1 Å². The second-order valence-corrected chi connectivity index (χ2v) is 7.52. The number of aryl methyl sites for hydroxylation is 1. The Morgan fingerprint density at radius 3 is 2.67 bits per heavy atom. The summed E-state index contributed by atoms with van der Waals surface area (Å²) in [4.78, 5) is 28.2. The Labute approximate surface area is 172 Å². The first-order chi connectivity index (χ1) is 14.5. The first-order valence-corrected chi connectivity index (χ1v) is 9.71. The number of nitro groups is 1. The lowest BCUT2D eigenvalue weighted by molar-refractivity contribution is -0.384. The Kier molecular flexibility index (Phi) is 4.07. The van der Waals surface area contributed by atoms with Gasteiger partial charge in [0.25, 0.3) is 11.2 Å². The lowest BCUT2D eigenvalue weighted by Crippen LogP contribution is -2.24. The molecule has 5 aromatic rings. The normalized spacial score (nSPS) is 12.1. The minimum atomic E-state index is -0.441. The minimum absolute atomic E-state index is 0.0208. The molecule has 10 heteroatoms. The van der Waals surface area contributed by atoms with Crippen LogP contribution in [-0.2, 0) is 0 Å². The van der Waals surface area contributed by atoms with Crippen molar-refractivity contribution < 1.29 is 9.34 Å². The molecule has 30 heavy (non-hydrogen) atoms. The van der Waals surface area contributed by atoms with E-state index in [2.05, 4.69) is 10.1 Å². The second-order valence-electron chi connectivity index (χ2n) is 6.51. The van der Waals surface area contributed by atoms with Gasteiger partial charge in [0.1, 0.15) is 10.3 Å². The molecule has 0 unspecified atom stereocenters. The van der Waals surface area contributed by atoms with Crippen LogP contribution in [0.15, 0.2) is 64.1 Å². The third-order valence-electron chi connectivity index (χ3n) is 4.68. The van der Waals surface area contributed by atoms with Crippen molar-refractivity contribution in [1.82, 2.24) is 19.2 Å². The maximum atomic E-state index is 12.8. The van der Waals surface area contributed by atoms with Gasteiger partial charge in [-0.05, 0) is 43.3 Å². The fourth-order valence-corrected chi connectivity index (χ4v) is 4.07. The summed E-state index contributed by atoms with van der Waals surface area (Å²) >= 11 is 1.24. The highest BCUT2D eigenvalue weighted by molar-refractivity contribution is 7.15. The summed E-state index contributed by atoms with van der Waals surface area (Å²) in [5.41, 5.74) is 2.03. The van der Waals surface area contributed by atoms with E-state index in [9.17, 15) is 14.9 Å². The van der Waals surface area contributed by atoms with Crippen molar-refractivity contribution in [3.63, 3.8) is 0 Å². The van der Waals surface area contributed by atoms with E-state index in [1.165, 1.54) is 28.0 Å². The van der Waals surface area contributed by atoms with Crippen molar-refractivity contribution in [3.05, 3.63) is 91.4 Å². The number of thiazole rings is 1. The molecule has 5 rings (SSSR count). The zero-order chi connectivity index (χ0) is 20.8. The molecular weight excluding hydrogens is 406 g/mol. The van der Waals surface area contributed by atoms with Crippen molar-refractivity contribution in [2.45, 2.75) is 6.92 Å². The molecule has 0 amide bonds. The van der Waals surface area contributed by atoms with E-state index in [0.29, 0.717) is 21.1 Å². The van der Waals surface area contributed by atoms with Gasteiger partial charge in [0.15, 0.2) is 5.82 Å². The van der Waals surface area contributed by atoms with Crippen LogP contribution in [-0.4, -0.2) is 24.1 Å². The first-order valence-electron chi connectivity index (χ1n) is 8.89. The number of rotatable bonds is 4. The van der Waals surface area contributed by atoms with E-state index in [1.807, 2.05) is 29.8 Å². The average Bonchev–Trinajstić information content (AvgIpc) is 3.50. The van der Waals surface area contributed by atoms with Crippen LogP contribution in [0.2, 0.25) is 0 Å². The Bertz CT molecular complexity index is 1510. The van der Waals surface area contributed by atoms with Crippen LogP contribution in [0.4, 0.5) is 5.69 Å². The number of furan rings is 1. The van der Waals surface area contributed by atoms with Gasteiger partial charge in [-0.3, -0.25) is 14.9 Å². The van der Waals surface area contributed by atoms with Gasteiger partial charge >= 0.3 is 0 Å². The molecule has 148 valence electrons. The van der Waals surface area contributed by atoms with Crippen molar-refractivity contribution in [2.75, 3.05) is 0 Å². The number of fused-ring (bicyclic) bond motifs is 1. The summed E-state index contributed by atoms with van der Waals surface area (Å²) in [6.45, 7) is 1.81. The predicted octanol–water partition coefficient (Wildman–Crippen LogP) is 2.97. The maximum absolute atomic E-state index is 12.8. The number of aromatic nitrogens is 4. The van der Waals surface area contributed by atoms with Gasteiger partial charge in [-0.15, -0.1) is 5.10 Å². The van der Waals surface area contributed by atoms with E-state index in [-0.39, 0.29) is 11.2 Å². The summed E-state index contributed by atoms with van der Waals surface area (Å²) in [5, 5.41) is 15.2. The number of non-ortho nitro benzene ring substituents is 1. The molecule has 0 aliphatic heterocycles. The highest BCUT2D eigenvalue weighted by atomic mass is 32.1. The smallest absolute Gasteiger partial charge is 0.291 e. The number of nitrogens with zero attached hydrogens (tertiary/aromatic N) is 5. The Morgan fingerprint density at radius 1 is 1.20 bits per heavy atom. The van der Waals surface area contributed by atoms with Crippen molar-refractivity contribution in [1.29, 1.82) is 0 Å². The number of benzene rings is 1. The molecule has 0 N–H and O–H groups in total. The molecule has 0 atom stereocenters. The third-order valence-corrected chi connectivity index (χ3v) is 5.64. The summed E-state index contributed by atoms with van der Waals surface area (Å²) < 4.78 is 8.90. The number of nitro benzene ring substituents is 1. The van der Waals surface area contributed by atoms with E-state index in [0.717, 1.165) is 16.9 Å². The van der Waals surface area contributed by atoms with E-state index in [1.54, 1.807) is 30.5 Å². The summed E-state index contributed by atoms with van der Waals surface area (Å²) in [6.07, 6.45) is 5.14. The average molecular weight is 419 g/mol. The molecule has 4 heterocycles. The molecule has 0 radical (unpaired) electrons. The van der Waals surface area contributed by atoms with Crippen molar-refractivity contribution in [2.24, 2.45) is 0 Å². The minimum Gasteiger partial charge on any atom is -0.469 e. The SMILES string of the molecule is Cc1occc1-c1nc2sc(=Cc3cccn3-c3ccc([N+](=O)[O-])cc3)c(=O)n2n1. The van der Waals surface area contributed by atoms with Crippen LogP contribution in [0.5, 0.6) is 0 Å². The predicted molar refractivity (Wildman–Crippen MR) is 111 cm³/mol. The van der Waals surface area contributed by atoms with Gasteiger partial charge in [-0.2, -0.15) is 9.50 Å². The number of hydrogen-bond acceptors (Lipinski definition) is 7. The van der Waals surface area contributed by atoms with Crippen LogP contribution in [0.3, 0.4) is 0 Å². The first kappa shape index (κ1) is 18.0. The Balaban J connectivity index is 1.56. The Morgan fingerprint density at radius 2 is 2.00 bits per heavy atom. The molecule has 0 saturated carbocycles. The van der Waals surface area contributed by atoms with Gasteiger partial charge < -0.3 is 8.98 Å². The topological polar surface area (TPSA) is 108 Å². The summed E-state index contributed by atoms with van der Waals surface area (Å²) in [7, 11) is 0. The van der Waals surface area contributed by atoms with Crippen LogP contribution < -0.4 is 10.1 Å². The molecule has 0 saturated heterocycles. The highest BCUT2D eigenvalue weighted by Gasteiger charge is 2.15. The lowest BCUT2D eigenvalue weighted by atomic mass is 10.2.